The molecule has 0 amide bonds. The van der Waals surface area contributed by atoms with E-state index in [9.17, 15) is 0 Å². The van der Waals surface area contributed by atoms with E-state index >= 15 is 0 Å². The molecule has 0 atom stereocenters. The Morgan fingerprint density at radius 1 is 0.676 bits per heavy atom. The van der Waals surface area contributed by atoms with Crippen molar-refractivity contribution in [1.29, 1.82) is 10.8 Å². The van der Waals surface area contributed by atoms with Gasteiger partial charge < -0.3 is 11.5 Å². The summed E-state index contributed by atoms with van der Waals surface area (Å²) in [5.74, 6) is 1.96. The molecule has 0 saturated heterocycles. The van der Waals surface area contributed by atoms with Gasteiger partial charge in [-0.2, -0.15) is 0 Å². The number of thioether (sulfide) groups is 2. The molecule has 0 spiro atoms. The summed E-state index contributed by atoms with van der Waals surface area (Å²) >= 11 is 3.58. The van der Waals surface area contributed by atoms with Crippen LogP contribution in [0.1, 0.15) is 48.6 Å². The van der Waals surface area contributed by atoms with Crippen molar-refractivity contribution in [3.8, 4) is 0 Å². The smallest absolute Gasteiger partial charge is 0.122 e. The molecule has 0 unspecified atom stereocenters. The van der Waals surface area contributed by atoms with E-state index in [1.807, 2.05) is 48.5 Å². The molecule has 3 rings (SSSR count). The first-order chi connectivity index (χ1) is 15.1. The van der Waals surface area contributed by atoms with Gasteiger partial charge >= 0.3 is 0 Å². The number of amidine groups is 2. The van der Waals surface area contributed by atoms with Gasteiger partial charge in [0, 0.05) is 32.4 Å². The molecule has 8 heteroatoms. The molecule has 0 saturated carbocycles. The van der Waals surface area contributed by atoms with Gasteiger partial charge in [-0.3, -0.25) is 10.8 Å². The first-order valence-electron chi connectivity index (χ1n) is 10.4. The van der Waals surface area contributed by atoms with Gasteiger partial charge in [0.15, 0.2) is 0 Å². The largest absolute Gasteiger partial charge is 0.384 e. The Labute approximate surface area is 223 Å². The van der Waals surface area contributed by atoms with Crippen molar-refractivity contribution >= 4 is 60.0 Å². The second kappa shape index (κ2) is 13.1. The molecule has 6 N–H and O–H groups in total. The van der Waals surface area contributed by atoms with E-state index in [0.717, 1.165) is 32.4 Å². The standard InChI is InChI=1S/C26H30N4S2.2ClH/c1-26(2,3)21-13-17(15-31-22-8-4-19(5-9-22)24(27)28)12-18(14-21)16-32-23-10-6-20(7-11-23)25(29)30;;/h4-14H,15-16H2,1-3H3,(H3,27,28)(H3,29,30);2*1H. The van der Waals surface area contributed by atoms with Crippen LogP contribution >= 0.6 is 48.3 Å². The normalized spacial score (nSPS) is 10.7. The maximum atomic E-state index is 7.53. The average Bonchev–Trinajstić information content (AvgIpc) is 2.76. The molecule has 3 aromatic rings. The molecule has 0 fully saturated rings. The number of hydrogen-bond donors (Lipinski definition) is 4. The fourth-order valence-electron chi connectivity index (χ4n) is 3.16. The predicted molar refractivity (Wildman–Crippen MR) is 154 cm³/mol. The molecular weight excluding hydrogens is 503 g/mol. The van der Waals surface area contributed by atoms with Crippen molar-refractivity contribution in [3.63, 3.8) is 0 Å². The van der Waals surface area contributed by atoms with Crippen molar-refractivity contribution in [2.75, 3.05) is 0 Å². The summed E-state index contributed by atoms with van der Waals surface area (Å²) in [4.78, 5) is 2.33. The van der Waals surface area contributed by atoms with Crippen molar-refractivity contribution in [2.45, 2.75) is 47.5 Å². The molecule has 0 aliphatic carbocycles. The molecule has 0 heterocycles. The molecule has 0 radical (unpaired) electrons. The molecule has 3 aromatic carbocycles. The Kier molecular flexibility index (Phi) is 11.5. The average molecular weight is 536 g/mol. The van der Waals surface area contributed by atoms with E-state index in [0.29, 0.717) is 0 Å². The number of benzene rings is 3. The summed E-state index contributed by atoms with van der Waals surface area (Å²) in [5.41, 5.74) is 16.6. The highest BCUT2D eigenvalue weighted by atomic mass is 35.5. The van der Waals surface area contributed by atoms with E-state index in [-0.39, 0.29) is 41.9 Å². The van der Waals surface area contributed by atoms with Crippen LogP contribution in [0.2, 0.25) is 0 Å². The van der Waals surface area contributed by atoms with Crippen LogP contribution in [0.25, 0.3) is 0 Å². The number of halogens is 2. The number of nitrogens with one attached hydrogen (secondary N) is 2. The number of nitrogens with two attached hydrogens (primary N) is 2. The number of nitrogen functional groups attached to an aromatic ring is 2. The summed E-state index contributed by atoms with van der Waals surface area (Å²) in [6.45, 7) is 6.74. The Morgan fingerprint density at radius 3 is 1.32 bits per heavy atom. The van der Waals surface area contributed by atoms with Crippen LogP contribution in [0.4, 0.5) is 0 Å². The van der Waals surface area contributed by atoms with Crippen molar-refractivity contribution in [3.05, 3.63) is 94.5 Å². The number of rotatable bonds is 8. The molecule has 0 aromatic heterocycles. The summed E-state index contributed by atoms with van der Waals surface area (Å²) in [6, 6.07) is 22.6. The Balaban J connectivity index is 0.00000289. The summed E-state index contributed by atoms with van der Waals surface area (Å²) in [6.07, 6.45) is 0. The molecule has 0 aliphatic heterocycles. The van der Waals surface area contributed by atoms with Crippen LogP contribution in [0.5, 0.6) is 0 Å². The monoisotopic (exact) mass is 534 g/mol. The van der Waals surface area contributed by atoms with Gasteiger partial charge in [-0.25, -0.2) is 0 Å². The first-order valence-corrected chi connectivity index (χ1v) is 12.4. The summed E-state index contributed by atoms with van der Waals surface area (Å²) in [5, 5.41) is 15.1. The Morgan fingerprint density at radius 2 is 1.03 bits per heavy atom. The minimum Gasteiger partial charge on any atom is -0.384 e. The van der Waals surface area contributed by atoms with Gasteiger partial charge in [0.25, 0.3) is 0 Å². The molecule has 182 valence electrons. The third-order valence-corrected chi connectivity index (χ3v) is 7.23. The first kappa shape index (κ1) is 29.9. The highest BCUT2D eigenvalue weighted by molar-refractivity contribution is 7.98. The zero-order chi connectivity index (χ0) is 23.3. The van der Waals surface area contributed by atoms with Crippen LogP contribution < -0.4 is 11.5 Å². The third kappa shape index (κ3) is 8.58. The van der Waals surface area contributed by atoms with Gasteiger partial charge in [0.2, 0.25) is 0 Å². The van der Waals surface area contributed by atoms with Gasteiger partial charge in [0.1, 0.15) is 11.7 Å². The molecule has 0 bridgehead atoms. The van der Waals surface area contributed by atoms with Gasteiger partial charge in [-0.1, -0.05) is 63.2 Å². The second-order valence-electron chi connectivity index (χ2n) is 8.74. The zero-order valence-corrected chi connectivity index (χ0v) is 22.8. The lowest BCUT2D eigenvalue weighted by molar-refractivity contribution is 0.589. The van der Waals surface area contributed by atoms with Crippen molar-refractivity contribution < 1.29 is 0 Å². The summed E-state index contributed by atoms with van der Waals surface area (Å²) < 4.78 is 0. The fourth-order valence-corrected chi connectivity index (χ4v) is 4.81. The van der Waals surface area contributed by atoms with E-state index < -0.39 is 0 Å². The third-order valence-electron chi connectivity index (χ3n) is 5.06. The maximum Gasteiger partial charge on any atom is 0.122 e. The van der Waals surface area contributed by atoms with Gasteiger partial charge in [-0.05, 0) is 46.4 Å². The lowest BCUT2D eigenvalue weighted by atomic mass is 9.85. The SMILES string of the molecule is CC(C)(C)c1cc(CSc2ccc(C(=N)N)cc2)cc(CSc2ccc(C(=N)N)cc2)c1.Cl.Cl. The summed E-state index contributed by atoms with van der Waals surface area (Å²) in [7, 11) is 0. The topological polar surface area (TPSA) is 99.7 Å². The van der Waals surface area contributed by atoms with E-state index in [2.05, 4.69) is 39.0 Å². The molecule has 34 heavy (non-hydrogen) atoms. The molecule has 4 nitrogen and oxygen atoms in total. The lowest BCUT2D eigenvalue weighted by Gasteiger charge is -2.21. The van der Waals surface area contributed by atoms with Crippen LogP contribution in [-0.4, -0.2) is 11.7 Å². The van der Waals surface area contributed by atoms with Crippen LogP contribution in [-0.2, 0) is 16.9 Å². The number of hydrogen-bond acceptors (Lipinski definition) is 4. The van der Waals surface area contributed by atoms with Crippen molar-refractivity contribution in [1.82, 2.24) is 0 Å². The zero-order valence-electron chi connectivity index (χ0n) is 19.6. The highest BCUT2D eigenvalue weighted by Crippen LogP contribution is 2.31. The molecular formula is C26H32Cl2N4S2. The van der Waals surface area contributed by atoms with Crippen LogP contribution in [0.15, 0.2) is 76.5 Å². The van der Waals surface area contributed by atoms with E-state index in [4.69, 9.17) is 22.3 Å². The predicted octanol–water partition coefficient (Wildman–Crippen LogP) is 6.98. The second-order valence-corrected chi connectivity index (χ2v) is 10.8. The maximum absolute atomic E-state index is 7.53. The highest BCUT2D eigenvalue weighted by Gasteiger charge is 2.16. The Bertz CT molecular complexity index is 1030. The van der Waals surface area contributed by atoms with Crippen molar-refractivity contribution in [2.24, 2.45) is 11.5 Å². The van der Waals surface area contributed by atoms with Crippen LogP contribution in [0.3, 0.4) is 0 Å². The Hall–Kier alpha value is -2.12. The van der Waals surface area contributed by atoms with Crippen LogP contribution in [0, 0.1) is 10.8 Å². The van der Waals surface area contributed by atoms with E-state index in [1.165, 1.54) is 16.7 Å². The minimum absolute atomic E-state index is 0. The van der Waals surface area contributed by atoms with Gasteiger partial charge in [-0.15, -0.1) is 48.3 Å². The minimum atomic E-state index is 0. The lowest BCUT2D eigenvalue weighted by Crippen LogP contribution is -2.12. The molecule has 0 aliphatic rings. The van der Waals surface area contributed by atoms with E-state index in [1.54, 1.807) is 23.5 Å². The fraction of sp³-hybridized carbons (Fsp3) is 0.231. The quantitative estimate of drug-likeness (QED) is 0.142. The van der Waals surface area contributed by atoms with Gasteiger partial charge in [0.05, 0.1) is 0 Å².